The minimum atomic E-state index is -0.979. The largest absolute Gasteiger partial charge is 0.481 e. The number of carboxylic acids is 1. The lowest BCUT2D eigenvalue weighted by atomic mass is 10.3. The molecule has 0 aliphatic carbocycles. The van der Waals surface area contributed by atoms with Crippen molar-refractivity contribution in [2.45, 2.75) is 13.3 Å². The third-order valence-electron chi connectivity index (χ3n) is 2.38. The monoisotopic (exact) mass is 254 g/mol. The lowest BCUT2D eigenvalue weighted by Crippen LogP contribution is -2.36. The third kappa shape index (κ3) is 4.04. The maximum atomic E-state index is 13.3. The number of urea groups is 1. The number of halogens is 1. The Hall–Kier alpha value is -2.11. The number of para-hydroxylation sites is 1. The Kier molecular flexibility index (Phi) is 5.10. The van der Waals surface area contributed by atoms with Crippen LogP contribution in [0.1, 0.15) is 13.3 Å². The highest BCUT2D eigenvalue weighted by atomic mass is 19.1. The van der Waals surface area contributed by atoms with E-state index in [0.717, 1.165) is 0 Å². The molecule has 1 rings (SSSR count). The fourth-order valence-electron chi connectivity index (χ4n) is 1.39. The molecule has 1 aromatic rings. The van der Waals surface area contributed by atoms with Crippen LogP contribution in [0.15, 0.2) is 24.3 Å². The molecule has 0 unspecified atom stereocenters. The van der Waals surface area contributed by atoms with Gasteiger partial charge in [0.05, 0.1) is 12.1 Å². The Morgan fingerprint density at radius 3 is 2.61 bits per heavy atom. The van der Waals surface area contributed by atoms with Gasteiger partial charge in [0.15, 0.2) is 0 Å². The van der Waals surface area contributed by atoms with E-state index in [1.807, 2.05) is 0 Å². The quantitative estimate of drug-likeness (QED) is 0.845. The van der Waals surface area contributed by atoms with Gasteiger partial charge in [0.2, 0.25) is 0 Å². The number of carboxylic acid groups (broad SMARTS) is 1. The zero-order chi connectivity index (χ0) is 13.5. The number of hydrogen-bond acceptors (Lipinski definition) is 2. The van der Waals surface area contributed by atoms with Crippen molar-refractivity contribution in [3.8, 4) is 0 Å². The molecule has 5 nitrogen and oxygen atoms in total. The number of benzene rings is 1. The Labute approximate surface area is 104 Å². The second-order valence-electron chi connectivity index (χ2n) is 3.63. The first kappa shape index (κ1) is 14.0. The van der Waals surface area contributed by atoms with Gasteiger partial charge in [-0.15, -0.1) is 0 Å². The van der Waals surface area contributed by atoms with Gasteiger partial charge < -0.3 is 15.3 Å². The average molecular weight is 254 g/mol. The van der Waals surface area contributed by atoms with Crippen LogP contribution < -0.4 is 5.32 Å². The van der Waals surface area contributed by atoms with Crippen LogP contribution in [0.4, 0.5) is 14.9 Å². The molecule has 0 aliphatic rings. The zero-order valence-electron chi connectivity index (χ0n) is 10.0. The summed E-state index contributed by atoms with van der Waals surface area (Å²) in [6.07, 6.45) is -0.140. The van der Waals surface area contributed by atoms with Crippen LogP contribution in [-0.2, 0) is 4.79 Å². The van der Waals surface area contributed by atoms with Crippen molar-refractivity contribution < 1.29 is 19.1 Å². The molecule has 0 saturated carbocycles. The molecule has 0 radical (unpaired) electrons. The molecule has 1 aromatic carbocycles. The highest BCUT2D eigenvalue weighted by Crippen LogP contribution is 2.13. The van der Waals surface area contributed by atoms with Crippen molar-refractivity contribution in [1.82, 2.24) is 4.90 Å². The van der Waals surface area contributed by atoms with Crippen LogP contribution >= 0.6 is 0 Å². The number of hydrogen-bond donors (Lipinski definition) is 2. The van der Waals surface area contributed by atoms with Crippen molar-refractivity contribution >= 4 is 17.7 Å². The van der Waals surface area contributed by atoms with Crippen molar-refractivity contribution in [3.63, 3.8) is 0 Å². The number of amides is 2. The molecule has 0 aliphatic heterocycles. The minimum Gasteiger partial charge on any atom is -0.481 e. The number of carbonyl (C=O) groups is 2. The number of aliphatic carboxylic acids is 1. The summed E-state index contributed by atoms with van der Waals surface area (Å²) in [6, 6.07) is 5.30. The highest BCUT2D eigenvalue weighted by Gasteiger charge is 2.14. The summed E-state index contributed by atoms with van der Waals surface area (Å²) in [5, 5.41) is 11.0. The van der Waals surface area contributed by atoms with Gasteiger partial charge in [-0.2, -0.15) is 0 Å². The van der Waals surface area contributed by atoms with Gasteiger partial charge in [0.1, 0.15) is 5.82 Å². The summed E-state index contributed by atoms with van der Waals surface area (Å²) in [4.78, 5) is 23.5. The first-order chi connectivity index (χ1) is 8.54. The number of nitrogens with one attached hydrogen (secondary N) is 1. The van der Waals surface area contributed by atoms with Crippen LogP contribution in [-0.4, -0.2) is 35.1 Å². The summed E-state index contributed by atoms with van der Waals surface area (Å²) >= 11 is 0. The molecular formula is C12H15FN2O3. The van der Waals surface area contributed by atoms with Gasteiger partial charge in [0, 0.05) is 13.1 Å². The van der Waals surface area contributed by atoms with Crippen molar-refractivity contribution in [2.24, 2.45) is 0 Å². The molecule has 0 spiro atoms. The highest BCUT2D eigenvalue weighted by molar-refractivity contribution is 5.89. The molecule has 6 heteroatoms. The molecule has 0 heterocycles. The van der Waals surface area contributed by atoms with Crippen molar-refractivity contribution in [3.05, 3.63) is 30.1 Å². The lowest BCUT2D eigenvalue weighted by molar-refractivity contribution is -0.137. The first-order valence-corrected chi connectivity index (χ1v) is 5.56. The molecule has 0 atom stereocenters. The molecule has 0 bridgehead atoms. The fraction of sp³-hybridized carbons (Fsp3) is 0.333. The predicted octanol–water partition coefficient (Wildman–Crippen LogP) is 2.15. The SMILES string of the molecule is CCN(CCC(=O)O)C(=O)Nc1ccccc1F. The average Bonchev–Trinajstić information content (AvgIpc) is 2.32. The zero-order valence-corrected chi connectivity index (χ0v) is 10.0. The van der Waals surface area contributed by atoms with Crippen LogP contribution in [0, 0.1) is 5.82 Å². The molecule has 2 N–H and O–H groups in total. The van der Waals surface area contributed by atoms with Gasteiger partial charge in [-0.3, -0.25) is 4.79 Å². The van der Waals surface area contributed by atoms with Crippen LogP contribution in [0.5, 0.6) is 0 Å². The van der Waals surface area contributed by atoms with Crippen molar-refractivity contribution in [2.75, 3.05) is 18.4 Å². The smallest absolute Gasteiger partial charge is 0.321 e. The second-order valence-corrected chi connectivity index (χ2v) is 3.63. The molecule has 98 valence electrons. The number of carbonyl (C=O) groups excluding carboxylic acids is 1. The summed E-state index contributed by atoms with van der Waals surface area (Å²) in [5.74, 6) is -1.51. The van der Waals surface area contributed by atoms with Gasteiger partial charge >= 0.3 is 12.0 Å². The number of rotatable bonds is 5. The van der Waals surface area contributed by atoms with E-state index < -0.39 is 17.8 Å². The molecule has 0 fully saturated rings. The van der Waals surface area contributed by atoms with Crippen molar-refractivity contribution in [1.29, 1.82) is 0 Å². The van der Waals surface area contributed by atoms with Gasteiger partial charge in [-0.1, -0.05) is 12.1 Å². The van der Waals surface area contributed by atoms with E-state index in [9.17, 15) is 14.0 Å². The fourth-order valence-corrected chi connectivity index (χ4v) is 1.39. The van der Waals surface area contributed by atoms with E-state index in [2.05, 4.69) is 5.32 Å². The summed E-state index contributed by atoms with van der Waals surface area (Å²) < 4.78 is 13.3. The molecule has 2 amide bonds. The standard InChI is InChI=1S/C12H15FN2O3/c1-2-15(8-7-11(16)17)12(18)14-10-6-4-3-5-9(10)13/h3-6H,2,7-8H2,1H3,(H,14,18)(H,16,17). The van der Waals surface area contributed by atoms with Gasteiger partial charge in [0.25, 0.3) is 0 Å². The Morgan fingerprint density at radius 1 is 1.39 bits per heavy atom. The second kappa shape index (κ2) is 6.58. The summed E-state index contributed by atoms with van der Waals surface area (Å²) in [5.41, 5.74) is 0.0799. The van der Waals surface area contributed by atoms with E-state index in [1.54, 1.807) is 13.0 Å². The van der Waals surface area contributed by atoms with Gasteiger partial charge in [-0.25, -0.2) is 9.18 Å². The van der Waals surface area contributed by atoms with E-state index in [-0.39, 0.29) is 18.7 Å². The molecule has 0 aromatic heterocycles. The van der Waals surface area contributed by atoms with Crippen LogP contribution in [0.3, 0.4) is 0 Å². The minimum absolute atomic E-state index is 0.0799. The number of anilines is 1. The first-order valence-electron chi connectivity index (χ1n) is 5.56. The lowest BCUT2D eigenvalue weighted by Gasteiger charge is -2.20. The Bertz CT molecular complexity index is 437. The van der Waals surface area contributed by atoms with E-state index >= 15 is 0 Å². The van der Waals surface area contributed by atoms with E-state index in [0.29, 0.717) is 6.54 Å². The third-order valence-corrected chi connectivity index (χ3v) is 2.38. The molecule has 0 saturated heterocycles. The Morgan fingerprint density at radius 2 is 2.06 bits per heavy atom. The molecule has 18 heavy (non-hydrogen) atoms. The maximum absolute atomic E-state index is 13.3. The normalized spacial score (nSPS) is 9.89. The van der Waals surface area contributed by atoms with Crippen LogP contribution in [0.2, 0.25) is 0 Å². The van der Waals surface area contributed by atoms with Crippen LogP contribution in [0.25, 0.3) is 0 Å². The van der Waals surface area contributed by atoms with Gasteiger partial charge in [-0.05, 0) is 19.1 Å². The summed E-state index contributed by atoms with van der Waals surface area (Å²) in [6.45, 7) is 2.17. The molecular weight excluding hydrogens is 239 g/mol. The topological polar surface area (TPSA) is 69.6 Å². The van der Waals surface area contributed by atoms with E-state index in [1.165, 1.54) is 23.1 Å². The Balaban J connectivity index is 2.62. The summed E-state index contributed by atoms with van der Waals surface area (Å²) in [7, 11) is 0. The predicted molar refractivity (Wildman–Crippen MR) is 64.9 cm³/mol. The maximum Gasteiger partial charge on any atom is 0.321 e. The number of nitrogens with zero attached hydrogens (tertiary/aromatic N) is 1. The van der Waals surface area contributed by atoms with E-state index in [4.69, 9.17) is 5.11 Å².